The number of H-pyrrole nitrogens is 1. The summed E-state index contributed by atoms with van der Waals surface area (Å²) in [6, 6.07) is 1.98. The first-order valence-electron chi connectivity index (χ1n) is 6.82. The molecule has 2 fully saturated rings. The fourth-order valence-corrected chi connectivity index (χ4v) is 2.76. The average molecular weight is 265 g/mol. The summed E-state index contributed by atoms with van der Waals surface area (Å²) in [6.07, 6.45) is 3.44. The van der Waals surface area contributed by atoms with Gasteiger partial charge in [-0.25, -0.2) is 0 Å². The van der Waals surface area contributed by atoms with E-state index in [1.165, 1.54) is 0 Å². The van der Waals surface area contributed by atoms with Gasteiger partial charge in [0.1, 0.15) is 0 Å². The Hall–Kier alpha value is -1.40. The van der Waals surface area contributed by atoms with Gasteiger partial charge in [0, 0.05) is 30.9 Å². The molecule has 0 unspecified atom stereocenters. The van der Waals surface area contributed by atoms with Crippen LogP contribution in [-0.4, -0.2) is 60.0 Å². The van der Waals surface area contributed by atoms with E-state index in [1.54, 1.807) is 6.20 Å². The van der Waals surface area contributed by atoms with Crippen LogP contribution < -0.4 is 0 Å². The molecule has 0 aliphatic carbocycles. The molecule has 0 radical (unpaired) electrons. The fourth-order valence-electron chi connectivity index (χ4n) is 2.76. The molecule has 0 aromatic carbocycles. The zero-order valence-electron chi connectivity index (χ0n) is 10.9. The monoisotopic (exact) mass is 265 g/mol. The highest BCUT2D eigenvalue weighted by atomic mass is 16.6. The molecular formula is C13H19N3O3. The number of aromatic nitrogens is 2. The number of piperidine rings is 1. The van der Waals surface area contributed by atoms with Crippen molar-refractivity contribution in [2.75, 3.05) is 32.9 Å². The third-order valence-electron chi connectivity index (χ3n) is 3.79. The Bertz CT molecular complexity index is 415. The number of hydrogen-bond donors (Lipinski definition) is 1. The van der Waals surface area contributed by atoms with Crippen molar-refractivity contribution in [1.29, 1.82) is 0 Å². The standard InChI is InChI=1S/C13H19N3O3/c17-13(12-9-18-6-7-19-12)16-5-1-2-10(8-16)11-3-4-14-15-11/h3-4,10,12H,1-2,5-9H2,(H,14,15)/t10-,12+/m1/s1. The molecule has 0 saturated carbocycles. The minimum Gasteiger partial charge on any atom is -0.376 e. The molecule has 1 N–H and O–H groups in total. The average Bonchev–Trinajstić information content (AvgIpc) is 3.02. The van der Waals surface area contributed by atoms with E-state index in [9.17, 15) is 4.79 Å². The number of likely N-dealkylation sites (tertiary alicyclic amines) is 1. The Balaban J connectivity index is 1.62. The molecule has 6 nitrogen and oxygen atoms in total. The van der Waals surface area contributed by atoms with Crippen LogP contribution in [0.5, 0.6) is 0 Å². The predicted octanol–water partition coefficient (Wildman–Crippen LogP) is 0.531. The second kappa shape index (κ2) is 5.71. The van der Waals surface area contributed by atoms with Crippen LogP contribution in [0.3, 0.4) is 0 Å². The molecule has 6 heteroatoms. The van der Waals surface area contributed by atoms with Crippen molar-refractivity contribution in [3.05, 3.63) is 18.0 Å². The number of ether oxygens (including phenoxy) is 2. The Morgan fingerprint density at radius 1 is 1.47 bits per heavy atom. The number of nitrogens with one attached hydrogen (secondary N) is 1. The quantitative estimate of drug-likeness (QED) is 0.847. The van der Waals surface area contributed by atoms with Gasteiger partial charge in [0.2, 0.25) is 0 Å². The zero-order chi connectivity index (χ0) is 13.1. The number of hydrogen-bond acceptors (Lipinski definition) is 4. The highest BCUT2D eigenvalue weighted by Crippen LogP contribution is 2.26. The number of aromatic amines is 1. The first-order valence-corrected chi connectivity index (χ1v) is 6.82. The Morgan fingerprint density at radius 2 is 2.42 bits per heavy atom. The third kappa shape index (κ3) is 2.79. The maximum absolute atomic E-state index is 12.4. The molecule has 3 rings (SSSR count). The van der Waals surface area contributed by atoms with Crippen LogP contribution in [0, 0.1) is 0 Å². The molecule has 1 amide bonds. The van der Waals surface area contributed by atoms with Gasteiger partial charge in [-0.2, -0.15) is 5.10 Å². The van der Waals surface area contributed by atoms with Crippen molar-refractivity contribution in [3.8, 4) is 0 Å². The van der Waals surface area contributed by atoms with Gasteiger partial charge in [-0.3, -0.25) is 9.89 Å². The van der Waals surface area contributed by atoms with E-state index in [0.717, 1.165) is 31.6 Å². The zero-order valence-corrected chi connectivity index (χ0v) is 10.9. The Kier molecular flexibility index (Phi) is 3.79. The summed E-state index contributed by atoms with van der Waals surface area (Å²) in [7, 11) is 0. The third-order valence-corrected chi connectivity index (χ3v) is 3.79. The molecule has 104 valence electrons. The lowest BCUT2D eigenvalue weighted by molar-refractivity contribution is -0.159. The molecule has 0 spiro atoms. The Morgan fingerprint density at radius 3 is 3.16 bits per heavy atom. The SMILES string of the molecule is O=C([C@@H]1COCCO1)N1CCC[C@@H](c2ccn[nH]2)C1. The van der Waals surface area contributed by atoms with Crippen LogP contribution >= 0.6 is 0 Å². The van der Waals surface area contributed by atoms with E-state index in [4.69, 9.17) is 9.47 Å². The van der Waals surface area contributed by atoms with Crippen molar-refractivity contribution in [2.24, 2.45) is 0 Å². The van der Waals surface area contributed by atoms with Crippen LogP contribution in [-0.2, 0) is 14.3 Å². The molecule has 1 aromatic rings. The van der Waals surface area contributed by atoms with E-state index < -0.39 is 6.10 Å². The second-order valence-corrected chi connectivity index (χ2v) is 5.07. The van der Waals surface area contributed by atoms with Gasteiger partial charge >= 0.3 is 0 Å². The van der Waals surface area contributed by atoms with Crippen molar-refractivity contribution in [3.63, 3.8) is 0 Å². The summed E-state index contributed by atoms with van der Waals surface area (Å²) < 4.78 is 10.8. The number of nitrogens with zero attached hydrogens (tertiary/aromatic N) is 2. The lowest BCUT2D eigenvalue weighted by Gasteiger charge is -2.35. The minimum absolute atomic E-state index is 0.0592. The molecule has 2 saturated heterocycles. The highest BCUT2D eigenvalue weighted by molar-refractivity contribution is 5.81. The maximum Gasteiger partial charge on any atom is 0.254 e. The van der Waals surface area contributed by atoms with Crippen molar-refractivity contribution < 1.29 is 14.3 Å². The number of carbonyl (C=O) groups is 1. The van der Waals surface area contributed by atoms with Crippen LogP contribution in [0.1, 0.15) is 24.5 Å². The molecule has 19 heavy (non-hydrogen) atoms. The molecule has 2 aliphatic rings. The molecule has 2 atom stereocenters. The van der Waals surface area contributed by atoms with Gasteiger partial charge in [0.15, 0.2) is 6.10 Å². The normalized spacial score (nSPS) is 28.3. The first kappa shape index (κ1) is 12.6. The molecular weight excluding hydrogens is 246 g/mol. The van der Waals surface area contributed by atoms with Gasteiger partial charge < -0.3 is 14.4 Å². The first-order chi connectivity index (χ1) is 9.34. The van der Waals surface area contributed by atoms with Crippen LogP contribution in [0.2, 0.25) is 0 Å². The van der Waals surface area contributed by atoms with E-state index in [2.05, 4.69) is 10.2 Å². The maximum atomic E-state index is 12.4. The van der Waals surface area contributed by atoms with Crippen LogP contribution in [0.4, 0.5) is 0 Å². The minimum atomic E-state index is -0.422. The predicted molar refractivity (Wildman–Crippen MR) is 67.7 cm³/mol. The number of amides is 1. The van der Waals surface area contributed by atoms with Crippen molar-refractivity contribution in [2.45, 2.75) is 24.9 Å². The second-order valence-electron chi connectivity index (χ2n) is 5.07. The van der Waals surface area contributed by atoms with Crippen molar-refractivity contribution in [1.82, 2.24) is 15.1 Å². The molecule has 2 aliphatic heterocycles. The summed E-state index contributed by atoms with van der Waals surface area (Å²) >= 11 is 0. The highest BCUT2D eigenvalue weighted by Gasteiger charge is 2.31. The van der Waals surface area contributed by atoms with Crippen LogP contribution in [0.25, 0.3) is 0 Å². The van der Waals surface area contributed by atoms with Crippen LogP contribution in [0.15, 0.2) is 12.3 Å². The molecule has 1 aromatic heterocycles. The number of carbonyl (C=O) groups excluding carboxylic acids is 1. The van der Waals surface area contributed by atoms with E-state index in [-0.39, 0.29) is 5.91 Å². The summed E-state index contributed by atoms with van der Waals surface area (Å²) in [5, 5.41) is 6.99. The lowest BCUT2D eigenvalue weighted by atomic mass is 9.94. The summed E-state index contributed by atoms with van der Waals surface area (Å²) in [5.74, 6) is 0.411. The lowest BCUT2D eigenvalue weighted by Crippen LogP contribution is -2.48. The van der Waals surface area contributed by atoms with E-state index >= 15 is 0 Å². The van der Waals surface area contributed by atoms with E-state index in [1.807, 2.05) is 11.0 Å². The van der Waals surface area contributed by atoms with E-state index in [0.29, 0.717) is 25.7 Å². The Labute approximate surface area is 112 Å². The summed E-state index contributed by atoms with van der Waals surface area (Å²) in [5.41, 5.74) is 1.11. The molecule has 3 heterocycles. The summed E-state index contributed by atoms with van der Waals surface area (Å²) in [4.78, 5) is 14.3. The van der Waals surface area contributed by atoms with Gasteiger partial charge in [-0.05, 0) is 18.9 Å². The largest absolute Gasteiger partial charge is 0.376 e. The van der Waals surface area contributed by atoms with Gasteiger partial charge in [0.25, 0.3) is 5.91 Å². The topological polar surface area (TPSA) is 67.5 Å². The summed E-state index contributed by atoms with van der Waals surface area (Å²) in [6.45, 7) is 3.02. The van der Waals surface area contributed by atoms with Gasteiger partial charge in [0.05, 0.1) is 19.8 Å². The fraction of sp³-hybridized carbons (Fsp3) is 0.692. The smallest absolute Gasteiger partial charge is 0.254 e. The molecule has 0 bridgehead atoms. The van der Waals surface area contributed by atoms with Gasteiger partial charge in [-0.15, -0.1) is 0 Å². The van der Waals surface area contributed by atoms with Gasteiger partial charge in [-0.1, -0.05) is 0 Å². The number of rotatable bonds is 2. The van der Waals surface area contributed by atoms with Crippen molar-refractivity contribution >= 4 is 5.91 Å².